The van der Waals surface area contributed by atoms with E-state index < -0.39 is 186 Å². The summed E-state index contributed by atoms with van der Waals surface area (Å²) in [6, 6.07) is 0. The largest absolute Gasteiger partial charge is 0.479 e. The van der Waals surface area contributed by atoms with Gasteiger partial charge in [0.1, 0.15) is 116 Å². The van der Waals surface area contributed by atoms with Crippen molar-refractivity contribution in [1.82, 2.24) is 0 Å². The van der Waals surface area contributed by atoms with Gasteiger partial charge in [0.2, 0.25) is 0 Å². The standard InChI is InChI=1S/C32H55NO27/c33-1-2-51-28-18(45)13(40)22(8(4-35)53-28)56-30-19(46)14(41)23(9(5-36)54-30)57-31-20(47)15(42)24(10(6-37)55-31)58-32-21(48)16(43)25(26(60-32)27(49)50)59-29-17(44)12(39)11(38)7(3-34)52-29/h7-26,28-32,34-48H,1-6,33H2,(H,49,50)/t7?,8?,9?,10?,11-,12?,13?,14?,15?,16?,17?,18?,19?,20?,21?,22-,23+,24+,25-,26?,28-,29+,30+,31-,32+/m0/s1. The first-order valence-corrected chi connectivity index (χ1v) is 18.8. The molecule has 5 rings (SSSR count). The number of hydrogen-bond donors (Lipinski definition) is 17. The summed E-state index contributed by atoms with van der Waals surface area (Å²) in [5, 5.41) is 167. The zero-order valence-electron chi connectivity index (χ0n) is 31.4. The van der Waals surface area contributed by atoms with Crippen molar-refractivity contribution in [2.24, 2.45) is 5.73 Å². The minimum absolute atomic E-state index is 0.0344. The molecule has 5 heterocycles. The van der Waals surface area contributed by atoms with Gasteiger partial charge in [-0.3, -0.25) is 0 Å². The van der Waals surface area contributed by atoms with Crippen LogP contribution in [0, 0.1) is 0 Å². The van der Waals surface area contributed by atoms with Gasteiger partial charge < -0.3 is 135 Å². The summed E-state index contributed by atoms with van der Waals surface area (Å²) < 4.78 is 54.4. The molecule has 18 N–H and O–H groups in total. The van der Waals surface area contributed by atoms with Crippen molar-refractivity contribution in [1.29, 1.82) is 0 Å². The summed E-state index contributed by atoms with van der Waals surface area (Å²) in [6.45, 7) is -3.73. The average molecular weight is 886 g/mol. The van der Waals surface area contributed by atoms with Gasteiger partial charge in [-0.25, -0.2) is 4.79 Å². The van der Waals surface area contributed by atoms with Crippen LogP contribution in [0.25, 0.3) is 0 Å². The van der Waals surface area contributed by atoms with Crippen molar-refractivity contribution in [3.63, 3.8) is 0 Å². The molecule has 5 fully saturated rings. The van der Waals surface area contributed by atoms with E-state index in [9.17, 15) is 86.5 Å². The van der Waals surface area contributed by atoms with E-state index in [1.165, 1.54) is 0 Å². The molecule has 25 atom stereocenters. The minimum atomic E-state index is -2.25. The highest BCUT2D eigenvalue weighted by molar-refractivity contribution is 5.73. The van der Waals surface area contributed by atoms with Gasteiger partial charge in [-0.15, -0.1) is 0 Å². The van der Waals surface area contributed by atoms with Gasteiger partial charge in [0.25, 0.3) is 0 Å². The second kappa shape index (κ2) is 21.4. The Morgan fingerprint density at radius 3 is 1.12 bits per heavy atom. The zero-order valence-corrected chi connectivity index (χ0v) is 31.4. The summed E-state index contributed by atoms with van der Waals surface area (Å²) in [5.74, 6) is -1.84. The lowest BCUT2D eigenvalue weighted by Crippen LogP contribution is -2.68. The first-order valence-electron chi connectivity index (χ1n) is 18.8. The molecule has 0 amide bonds. The van der Waals surface area contributed by atoms with Crippen LogP contribution in [0.2, 0.25) is 0 Å². The third-order valence-corrected chi connectivity index (χ3v) is 10.7. The molecule has 0 aromatic carbocycles. The van der Waals surface area contributed by atoms with Crippen molar-refractivity contribution in [3.05, 3.63) is 0 Å². The maximum Gasteiger partial charge on any atom is 0.335 e. The second-order valence-corrected chi connectivity index (χ2v) is 14.6. The van der Waals surface area contributed by atoms with Gasteiger partial charge in [0.05, 0.1) is 33.0 Å². The molecule has 0 aromatic rings. The molecule has 0 spiro atoms. The fraction of sp³-hybridized carbons (Fsp3) is 0.969. The predicted octanol–water partition coefficient (Wildman–Crippen LogP) is -11.8. The number of nitrogens with two attached hydrogens (primary N) is 1. The van der Waals surface area contributed by atoms with Crippen molar-refractivity contribution in [2.75, 3.05) is 39.6 Å². The van der Waals surface area contributed by atoms with Gasteiger partial charge in [-0.2, -0.15) is 0 Å². The smallest absolute Gasteiger partial charge is 0.335 e. The Bertz CT molecular complexity index is 1330. The molecule has 0 saturated carbocycles. The van der Waals surface area contributed by atoms with E-state index in [-0.39, 0.29) is 13.2 Å². The lowest BCUT2D eigenvalue weighted by atomic mass is 9.95. The predicted molar refractivity (Wildman–Crippen MR) is 180 cm³/mol. The molecule has 5 aliphatic rings. The van der Waals surface area contributed by atoms with Crippen LogP contribution >= 0.6 is 0 Å². The summed E-state index contributed by atoms with van der Waals surface area (Å²) in [6.07, 6.45) is -47.7. The molecule has 15 unspecified atom stereocenters. The number of aliphatic hydroxyl groups is 15. The second-order valence-electron chi connectivity index (χ2n) is 14.6. The van der Waals surface area contributed by atoms with Crippen molar-refractivity contribution >= 4 is 5.97 Å². The van der Waals surface area contributed by atoms with Gasteiger partial charge >= 0.3 is 5.97 Å². The van der Waals surface area contributed by atoms with E-state index in [4.69, 9.17) is 53.1 Å². The summed E-state index contributed by atoms with van der Waals surface area (Å²) in [7, 11) is 0. The molecule has 60 heavy (non-hydrogen) atoms. The van der Waals surface area contributed by atoms with Crippen molar-refractivity contribution < 1.29 is 134 Å². The van der Waals surface area contributed by atoms with Crippen molar-refractivity contribution in [2.45, 2.75) is 154 Å². The van der Waals surface area contributed by atoms with Gasteiger partial charge in [-0.1, -0.05) is 0 Å². The average Bonchev–Trinajstić information content (AvgIpc) is 3.23. The van der Waals surface area contributed by atoms with Crippen LogP contribution in [0.3, 0.4) is 0 Å². The maximum absolute atomic E-state index is 12.2. The highest BCUT2D eigenvalue weighted by Gasteiger charge is 2.57. The van der Waals surface area contributed by atoms with E-state index >= 15 is 0 Å². The number of ether oxygens (including phenoxy) is 10. The number of carboxylic acid groups (broad SMARTS) is 1. The van der Waals surface area contributed by atoms with Crippen LogP contribution in [0.1, 0.15) is 0 Å². The van der Waals surface area contributed by atoms with Gasteiger partial charge in [0, 0.05) is 6.54 Å². The van der Waals surface area contributed by atoms with Crippen LogP contribution in [0.4, 0.5) is 0 Å². The Kier molecular flexibility index (Phi) is 17.6. The third kappa shape index (κ3) is 10.2. The first kappa shape index (κ1) is 49.4. The normalized spacial score (nSPS) is 50.4. The molecule has 0 aromatic heterocycles. The van der Waals surface area contributed by atoms with E-state index in [1.54, 1.807) is 0 Å². The number of carboxylic acids is 1. The van der Waals surface area contributed by atoms with E-state index in [0.717, 1.165) is 0 Å². The Morgan fingerprint density at radius 1 is 0.417 bits per heavy atom. The summed E-state index contributed by atoms with van der Waals surface area (Å²) in [4.78, 5) is 12.2. The Morgan fingerprint density at radius 2 is 0.733 bits per heavy atom. The number of carbonyl (C=O) groups is 1. The van der Waals surface area contributed by atoms with E-state index in [1.807, 2.05) is 0 Å². The Hall–Kier alpha value is -1.57. The van der Waals surface area contributed by atoms with Crippen LogP contribution in [0.5, 0.6) is 0 Å². The van der Waals surface area contributed by atoms with E-state index in [0.29, 0.717) is 0 Å². The molecule has 350 valence electrons. The fourth-order valence-electron chi connectivity index (χ4n) is 7.31. The van der Waals surface area contributed by atoms with Crippen LogP contribution in [-0.4, -0.2) is 281 Å². The van der Waals surface area contributed by atoms with Crippen LogP contribution in [-0.2, 0) is 52.2 Å². The third-order valence-electron chi connectivity index (χ3n) is 10.7. The molecule has 28 nitrogen and oxygen atoms in total. The first-order chi connectivity index (χ1) is 28.4. The molecule has 5 saturated heterocycles. The SMILES string of the molecule is NCCO[C@H]1OC(CO)[C@H](O[C@H]2OC(CO)[C@@H](O[C@@H]3OC(CO)[C@@H](O[C@@H]4OC(C(=O)O)[C@@H](O[C@H]5OC(CO)[C@H](O)C(O)C5O)C(O)C4O)C(O)C3O)C(O)C2O)C(O)C1O. The molecule has 28 heteroatoms. The van der Waals surface area contributed by atoms with Crippen molar-refractivity contribution in [3.8, 4) is 0 Å². The lowest BCUT2D eigenvalue weighted by Gasteiger charge is -2.49. The topological polar surface area (TPSA) is 459 Å². The maximum atomic E-state index is 12.2. The number of aliphatic carboxylic acids is 1. The van der Waals surface area contributed by atoms with Gasteiger partial charge in [0.15, 0.2) is 37.6 Å². The highest BCUT2D eigenvalue weighted by atomic mass is 16.8. The quantitative estimate of drug-likeness (QED) is 0.0684. The summed E-state index contributed by atoms with van der Waals surface area (Å²) in [5.41, 5.74) is 5.39. The highest BCUT2D eigenvalue weighted by Crippen LogP contribution is 2.35. The number of hydrogen-bond acceptors (Lipinski definition) is 27. The monoisotopic (exact) mass is 885 g/mol. The number of aliphatic hydroxyl groups excluding tert-OH is 15. The van der Waals surface area contributed by atoms with Crippen LogP contribution < -0.4 is 5.73 Å². The zero-order chi connectivity index (χ0) is 44.3. The van der Waals surface area contributed by atoms with Gasteiger partial charge in [-0.05, 0) is 0 Å². The fourth-order valence-corrected chi connectivity index (χ4v) is 7.31. The molecular formula is C32H55NO27. The minimum Gasteiger partial charge on any atom is -0.479 e. The molecule has 0 bridgehead atoms. The Labute approximate surface area is 338 Å². The number of rotatable bonds is 16. The molecule has 0 radical (unpaired) electrons. The molecule has 5 aliphatic heterocycles. The lowest BCUT2D eigenvalue weighted by molar-refractivity contribution is -0.391. The molecular weight excluding hydrogens is 830 g/mol. The summed E-state index contributed by atoms with van der Waals surface area (Å²) >= 11 is 0. The Balaban J connectivity index is 1.23. The van der Waals surface area contributed by atoms with E-state index in [2.05, 4.69) is 0 Å². The molecule has 0 aliphatic carbocycles. The van der Waals surface area contributed by atoms with Crippen LogP contribution in [0.15, 0.2) is 0 Å².